The molecule has 0 aromatic carbocycles. The van der Waals surface area contributed by atoms with E-state index in [0.717, 1.165) is 19.3 Å². The summed E-state index contributed by atoms with van der Waals surface area (Å²) in [5.74, 6) is 0. The maximum Gasteiger partial charge on any atom is 0.407 e. The molecule has 0 aliphatic carbocycles. The first-order chi connectivity index (χ1) is 17.0. The highest BCUT2D eigenvalue weighted by Crippen LogP contribution is 2.33. The van der Waals surface area contributed by atoms with E-state index in [1.54, 1.807) is 0 Å². The van der Waals surface area contributed by atoms with Crippen molar-refractivity contribution in [1.82, 2.24) is 10.2 Å². The molecule has 2 atom stereocenters. The summed E-state index contributed by atoms with van der Waals surface area (Å²) < 4.78 is 16.2. The zero-order valence-electron chi connectivity index (χ0n) is 23.4. The number of amides is 1. The summed E-state index contributed by atoms with van der Waals surface area (Å²) in [6, 6.07) is 0. The van der Waals surface area contributed by atoms with E-state index in [-0.39, 0.29) is 12.7 Å². The standard InChI is InChI=1S/C27H57N2O5P/c1-5-7-8-9-10-11-12-13-14-15-16-17-18-19-20-21-22-26(34-27(30)28-6-2)25-33-35(31)32-24-23-29(3)4/h26,31H,5-25H2,1-4H3,(H,28,30). The highest BCUT2D eigenvalue weighted by Gasteiger charge is 2.17. The number of carbonyl (C=O) groups is 1. The van der Waals surface area contributed by atoms with Crippen LogP contribution in [-0.4, -0.2) is 62.4 Å². The molecule has 0 heterocycles. The first-order valence-electron chi connectivity index (χ1n) is 14.3. The molecule has 2 unspecified atom stereocenters. The monoisotopic (exact) mass is 520 g/mol. The van der Waals surface area contributed by atoms with Crippen LogP contribution >= 0.6 is 8.60 Å². The largest absolute Gasteiger partial charge is 0.444 e. The van der Waals surface area contributed by atoms with Crippen LogP contribution in [0.15, 0.2) is 0 Å². The lowest BCUT2D eigenvalue weighted by molar-refractivity contribution is 0.0513. The molecule has 2 N–H and O–H groups in total. The number of hydrogen-bond donors (Lipinski definition) is 2. The Labute approximate surface area is 218 Å². The third-order valence-corrected chi connectivity index (χ3v) is 6.86. The van der Waals surface area contributed by atoms with Gasteiger partial charge in [0.2, 0.25) is 0 Å². The zero-order valence-corrected chi connectivity index (χ0v) is 24.3. The molecule has 0 spiro atoms. The fraction of sp³-hybridized carbons (Fsp3) is 0.963. The van der Waals surface area contributed by atoms with Crippen molar-refractivity contribution in [3.8, 4) is 0 Å². The molecule has 0 bridgehead atoms. The number of carbonyl (C=O) groups excluding carboxylic acids is 1. The van der Waals surface area contributed by atoms with Crippen molar-refractivity contribution in [2.45, 2.75) is 129 Å². The smallest absolute Gasteiger partial charge is 0.407 e. The maximum absolute atomic E-state index is 11.8. The molecule has 0 aliphatic heterocycles. The van der Waals surface area contributed by atoms with Crippen molar-refractivity contribution >= 4 is 14.7 Å². The second kappa shape index (κ2) is 26.6. The molecule has 1 amide bonds. The van der Waals surface area contributed by atoms with Gasteiger partial charge in [-0.3, -0.25) is 0 Å². The van der Waals surface area contributed by atoms with E-state index in [9.17, 15) is 9.69 Å². The van der Waals surface area contributed by atoms with Crippen LogP contribution in [0.3, 0.4) is 0 Å². The highest BCUT2D eigenvalue weighted by atomic mass is 31.2. The molecular formula is C27H57N2O5P. The van der Waals surface area contributed by atoms with E-state index in [2.05, 4.69) is 12.2 Å². The normalized spacial score (nSPS) is 13.2. The Morgan fingerprint density at radius 1 is 0.800 bits per heavy atom. The minimum atomic E-state index is -1.95. The summed E-state index contributed by atoms with van der Waals surface area (Å²) in [4.78, 5) is 23.7. The number of nitrogens with zero attached hydrogens (tertiary/aromatic N) is 1. The Bertz CT molecular complexity index is 457. The van der Waals surface area contributed by atoms with Crippen LogP contribution in [-0.2, 0) is 13.8 Å². The molecular weight excluding hydrogens is 463 g/mol. The van der Waals surface area contributed by atoms with Crippen LogP contribution in [0.1, 0.15) is 123 Å². The van der Waals surface area contributed by atoms with Crippen LogP contribution in [0.2, 0.25) is 0 Å². The number of ether oxygens (including phenoxy) is 1. The van der Waals surface area contributed by atoms with Crippen LogP contribution in [0, 0.1) is 0 Å². The lowest BCUT2D eigenvalue weighted by atomic mass is 10.0. The summed E-state index contributed by atoms with van der Waals surface area (Å²) in [5, 5.41) is 2.66. The molecule has 0 saturated heterocycles. The molecule has 0 saturated carbocycles. The minimum Gasteiger partial charge on any atom is -0.444 e. The summed E-state index contributed by atoms with van der Waals surface area (Å²) in [6.45, 7) is 5.91. The fourth-order valence-electron chi connectivity index (χ4n) is 3.92. The average Bonchev–Trinajstić information content (AvgIpc) is 2.82. The highest BCUT2D eigenvalue weighted by molar-refractivity contribution is 7.40. The summed E-state index contributed by atoms with van der Waals surface area (Å²) in [7, 11) is 1.93. The number of hydrogen-bond acceptors (Lipinski definition) is 6. The molecule has 0 radical (unpaired) electrons. The van der Waals surface area contributed by atoms with E-state index in [1.165, 1.54) is 89.9 Å². The minimum absolute atomic E-state index is 0.153. The maximum atomic E-state index is 11.8. The van der Waals surface area contributed by atoms with Crippen LogP contribution in [0.4, 0.5) is 4.79 Å². The Morgan fingerprint density at radius 3 is 1.74 bits per heavy atom. The summed E-state index contributed by atoms with van der Waals surface area (Å²) in [6.07, 6.45) is 21.2. The van der Waals surface area contributed by atoms with Gasteiger partial charge < -0.3 is 28.9 Å². The number of alkyl carbamates (subject to hydrolysis) is 1. The molecule has 0 aliphatic rings. The van der Waals surface area contributed by atoms with Gasteiger partial charge in [-0.25, -0.2) is 4.79 Å². The third-order valence-electron chi connectivity index (χ3n) is 6.09. The first kappa shape index (κ1) is 34.5. The van der Waals surface area contributed by atoms with Gasteiger partial charge in [-0.2, -0.15) is 0 Å². The predicted molar refractivity (Wildman–Crippen MR) is 148 cm³/mol. The van der Waals surface area contributed by atoms with Crippen molar-refractivity contribution < 1.29 is 23.5 Å². The van der Waals surface area contributed by atoms with Gasteiger partial charge in [0, 0.05) is 13.1 Å². The van der Waals surface area contributed by atoms with E-state index in [0.29, 0.717) is 19.7 Å². The molecule has 35 heavy (non-hydrogen) atoms. The Morgan fingerprint density at radius 2 is 1.29 bits per heavy atom. The van der Waals surface area contributed by atoms with E-state index < -0.39 is 14.7 Å². The lowest BCUT2D eigenvalue weighted by Crippen LogP contribution is -2.31. The first-order valence-corrected chi connectivity index (χ1v) is 15.5. The van der Waals surface area contributed by atoms with Crippen LogP contribution < -0.4 is 5.32 Å². The zero-order chi connectivity index (χ0) is 26.0. The van der Waals surface area contributed by atoms with Gasteiger partial charge in [-0.05, 0) is 33.9 Å². The third kappa shape index (κ3) is 26.4. The molecule has 0 aromatic heterocycles. The van der Waals surface area contributed by atoms with Gasteiger partial charge >= 0.3 is 14.7 Å². The molecule has 7 nitrogen and oxygen atoms in total. The fourth-order valence-corrected chi connectivity index (χ4v) is 4.53. The van der Waals surface area contributed by atoms with Crippen LogP contribution in [0.5, 0.6) is 0 Å². The Hall–Kier alpha value is -0.460. The summed E-state index contributed by atoms with van der Waals surface area (Å²) >= 11 is 0. The second-order valence-electron chi connectivity index (χ2n) is 9.82. The summed E-state index contributed by atoms with van der Waals surface area (Å²) in [5.41, 5.74) is 0. The SMILES string of the molecule is CCCCCCCCCCCCCCCCCCC(COP(O)OCCN(C)C)OC(=O)NCC. The van der Waals surface area contributed by atoms with E-state index >= 15 is 0 Å². The van der Waals surface area contributed by atoms with Crippen molar-refractivity contribution in [2.24, 2.45) is 0 Å². The van der Waals surface area contributed by atoms with Gasteiger partial charge in [0.05, 0.1) is 13.2 Å². The average molecular weight is 521 g/mol. The Kier molecular flexibility index (Phi) is 26.2. The van der Waals surface area contributed by atoms with Gasteiger partial charge in [0.15, 0.2) is 0 Å². The van der Waals surface area contributed by atoms with Gasteiger partial charge in [-0.15, -0.1) is 0 Å². The second-order valence-corrected chi connectivity index (χ2v) is 10.8. The molecule has 0 rings (SSSR count). The molecule has 0 aromatic rings. The number of nitrogens with one attached hydrogen (secondary N) is 1. The molecule has 8 heteroatoms. The van der Waals surface area contributed by atoms with E-state index in [4.69, 9.17) is 13.8 Å². The van der Waals surface area contributed by atoms with Gasteiger partial charge in [0.25, 0.3) is 0 Å². The van der Waals surface area contributed by atoms with Crippen LogP contribution in [0.25, 0.3) is 0 Å². The van der Waals surface area contributed by atoms with Crippen molar-refractivity contribution in [3.63, 3.8) is 0 Å². The quantitative estimate of drug-likeness (QED) is 0.0904. The number of rotatable bonds is 26. The number of unbranched alkanes of at least 4 members (excludes halogenated alkanes) is 15. The molecule has 210 valence electrons. The topological polar surface area (TPSA) is 80.3 Å². The Balaban J connectivity index is 3.76. The lowest BCUT2D eigenvalue weighted by Gasteiger charge is -2.20. The number of likely N-dealkylation sites (N-methyl/N-ethyl adjacent to an activating group) is 1. The van der Waals surface area contributed by atoms with Crippen molar-refractivity contribution in [3.05, 3.63) is 0 Å². The van der Waals surface area contributed by atoms with Crippen molar-refractivity contribution in [1.29, 1.82) is 0 Å². The van der Waals surface area contributed by atoms with Gasteiger partial charge in [0.1, 0.15) is 6.10 Å². The van der Waals surface area contributed by atoms with E-state index in [1.807, 2.05) is 25.9 Å². The predicted octanol–water partition coefficient (Wildman–Crippen LogP) is 7.57. The van der Waals surface area contributed by atoms with Gasteiger partial charge in [-0.1, -0.05) is 103 Å². The molecule has 0 fully saturated rings. The van der Waals surface area contributed by atoms with Crippen molar-refractivity contribution in [2.75, 3.05) is 40.4 Å².